The number of piperidine rings is 1. The smallest absolute Gasteiger partial charge is 0.191 e. The molecule has 1 aliphatic heterocycles. The second-order valence-electron chi connectivity index (χ2n) is 8.42. The van der Waals surface area contributed by atoms with Crippen LogP contribution in [-0.2, 0) is 9.47 Å². The molecule has 0 aromatic carbocycles. The van der Waals surface area contributed by atoms with Crippen LogP contribution >= 0.6 is 24.0 Å². The lowest BCUT2D eigenvalue weighted by atomic mass is 10.1. The Kier molecular flexibility index (Phi) is 15.4. The van der Waals surface area contributed by atoms with Crippen LogP contribution in [0.1, 0.15) is 72.1 Å². The Hall–Kier alpha value is -0.120. The highest BCUT2D eigenvalue weighted by Gasteiger charge is 2.20. The Bertz CT molecular complexity index is 421. The van der Waals surface area contributed by atoms with E-state index in [-0.39, 0.29) is 24.0 Å². The maximum atomic E-state index is 6.07. The normalized spacial score (nSPS) is 20.3. The number of aliphatic imine (C=N–C) groups is 1. The van der Waals surface area contributed by atoms with Gasteiger partial charge < -0.3 is 25.0 Å². The molecule has 172 valence electrons. The lowest BCUT2D eigenvalue weighted by molar-refractivity contribution is 0.0486. The quantitative estimate of drug-likeness (QED) is 0.150. The van der Waals surface area contributed by atoms with E-state index in [1.165, 1.54) is 38.5 Å². The maximum Gasteiger partial charge on any atom is 0.191 e. The summed E-state index contributed by atoms with van der Waals surface area (Å²) >= 11 is 0. The molecule has 2 N–H and O–H groups in total. The summed E-state index contributed by atoms with van der Waals surface area (Å²) in [6.45, 7) is 12.8. The zero-order valence-electron chi connectivity index (χ0n) is 19.0. The van der Waals surface area contributed by atoms with Crippen molar-refractivity contribution in [1.82, 2.24) is 15.5 Å². The third-order valence-electron chi connectivity index (χ3n) is 5.65. The predicted molar refractivity (Wildman–Crippen MR) is 133 cm³/mol. The maximum absolute atomic E-state index is 6.07. The Morgan fingerprint density at radius 2 is 1.72 bits per heavy atom. The van der Waals surface area contributed by atoms with E-state index in [9.17, 15) is 0 Å². The third kappa shape index (κ3) is 12.4. The number of hydrogen-bond acceptors (Lipinski definition) is 4. The standard InChI is InChI=1S/C22H44N4O2.HI/c1-4-23-22(24-13-17-28-21-9-7-5-6-8-10-21)25-20-11-14-26(15-12-20)16-18-27-19(2)3;/h19-21H,4-18H2,1-3H3,(H2,23,24,25);1H. The number of guanidine groups is 1. The molecule has 1 aliphatic carbocycles. The molecule has 0 spiro atoms. The molecule has 0 unspecified atom stereocenters. The average Bonchev–Trinajstić information content (AvgIpc) is 2.95. The van der Waals surface area contributed by atoms with Crippen molar-refractivity contribution in [2.75, 3.05) is 45.9 Å². The molecule has 0 aromatic heterocycles. The van der Waals surface area contributed by atoms with Crippen molar-refractivity contribution in [2.45, 2.75) is 90.4 Å². The Morgan fingerprint density at radius 3 is 2.34 bits per heavy atom. The van der Waals surface area contributed by atoms with Crippen LogP contribution in [0, 0.1) is 0 Å². The summed E-state index contributed by atoms with van der Waals surface area (Å²) in [5.41, 5.74) is 0. The van der Waals surface area contributed by atoms with Crippen molar-refractivity contribution in [3.05, 3.63) is 0 Å². The topological polar surface area (TPSA) is 58.1 Å². The lowest BCUT2D eigenvalue weighted by Gasteiger charge is -2.33. The molecular weight excluding hydrogens is 479 g/mol. The van der Waals surface area contributed by atoms with E-state index in [0.717, 1.165) is 64.7 Å². The molecular formula is C22H45IN4O2. The molecule has 2 rings (SSSR count). The third-order valence-corrected chi connectivity index (χ3v) is 5.65. The van der Waals surface area contributed by atoms with Crippen molar-refractivity contribution in [3.63, 3.8) is 0 Å². The first kappa shape index (κ1) is 26.9. The summed E-state index contributed by atoms with van der Waals surface area (Å²) in [6.07, 6.45) is 10.9. The molecule has 0 atom stereocenters. The minimum Gasteiger partial charge on any atom is -0.377 e. The fourth-order valence-corrected chi connectivity index (χ4v) is 4.02. The van der Waals surface area contributed by atoms with Crippen LogP contribution in [0.5, 0.6) is 0 Å². The average molecular weight is 525 g/mol. The minimum absolute atomic E-state index is 0. The van der Waals surface area contributed by atoms with E-state index in [1.807, 2.05) is 0 Å². The summed E-state index contributed by atoms with van der Waals surface area (Å²) in [6, 6.07) is 0.503. The Morgan fingerprint density at radius 1 is 1.03 bits per heavy atom. The van der Waals surface area contributed by atoms with E-state index in [2.05, 4.69) is 36.3 Å². The zero-order chi connectivity index (χ0) is 20.0. The second-order valence-corrected chi connectivity index (χ2v) is 8.42. The van der Waals surface area contributed by atoms with Crippen LogP contribution in [0.4, 0.5) is 0 Å². The van der Waals surface area contributed by atoms with Gasteiger partial charge in [-0.05, 0) is 46.5 Å². The SMILES string of the molecule is CCNC(=NCCOC1CCCCCC1)NC1CCN(CCOC(C)C)CC1.I. The van der Waals surface area contributed by atoms with Crippen molar-refractivity contribution in [1.29, 1.82) is 0 Å². The Labute approximate surface area is 196 Å². The second kappa shape index (κ2) is 16.6. The molecule has 1 saturated carbocycles. The van der Waals surface area contributed by atoms with Crippen LogP contribution in [-0.4, -0.2) is 75.0 Å². The number of nitrogens with zero attached hydrogens (tertiary/aromatic N) is 2. The summed E-state index contributed by atoms with van der Waals surface area (Å²) in [7, 11) is 0. The van der Waals surface area contributed by atoms with Gasteiger partial charge in [0.2, 0.25) is 0 Å². The van der Waals surface area contributed by atoms with Crippen LogP contribution in [0.25, 0.3) is 0 Å². The van der Waals surface area contributed by atoms with Gasteiger partial charge in [0.05, 0.1) is 32.0 Å². The molecule has 1 saturated heterocycles. The number of hydrogen-bond donors (Lipinski definition) is 2. The molecule has 1 heterocycles. The van der Waals surface area contributed by atoms with Crippen LogP contribution < -0.4 is 10.6 Å². The number of halogens is 1. The fourth-order valence-electron chi connectivity index (χ4n) is 4.02. The zero-order valence-corrected chi connectivity index (χ0v) is 21.3. The molecule has 0 amide bonds. The van der Waals surface area contributed by atoms with Gasteiger partial charge in [-0.25, -0.2) is 0 Å². The number of likely N-dealkylation sites (tertiary alicyclic amines) is 1. The fraction of sp³-hybridized carbons (Fsp3) is 0.955. The molecule has 2 fully saturated rings. The molecule has 0 radical (unpaired) electrons. The van der Waals surface area contributed by atoms with Crippen LogP contribution in [0.2, 0.25) is 0 Å². The molecule has 6 nitrogen and oxygen atoms in total. The van der Waals surface area contributed by atoms with Gasteiger partial charge in [-0.2, -0.15) is 0 Å². The first-order chi connectivity index (χ1) is 13.7. The Balaban J connectivity index is 0.00000420. The molecule has 29 heavy (non-hydrogen) atoms. The van der Waals surface area contributed by atoms with Gasteiger partial charge in [-0.15, -0.1) is 24.0 Å². The first-order valence-electron chi connectivity index (χ1n) is 11.7. The number of nitrogens with one attached hydrogen (secondary N) is 2. The summed E-state index contributed by atoms with van der Waals surface area (Å²) in [4.78, 5) is 7.24. The molecule has 0 bridgehead atoms. The van der Waals surface area contributed by atoms with Gasteiger partial charge in [0, 0.05) is 32.2 Å². The van der Waals surface area contributed by atoms with Crippen molar-refractivity contribution in [2.24, 2.45) is 4.99 Å². The van der Waals surface area contributed by atoms with Gasteiger partial charge in [-0.3, -0.25) is 4.99 Å². The van der Waals surface area contributed by atoms with E-state index in [0.29, 0.717) is 18.2 Å². The number of ether oxygens (including phenoxy) is 2. The van der Waals surface area contributed by atoms with Crippen molar-refractivity contribution in [3.8, 4) is 0 Å². The van der Waals surface area contributed by atoms with E-state index in [4.69, 9.17) is 14.5 Å². The molecule has 7 heteroatoms. The van der Waals surface area contributed by atoms with Crippen molar-refractivity contribution >= 4 is 29.9 Å². The van der Waals surface area contributed by atoms with Gasteiger partial charge in [0.25, 0.3) is 0 Å². The molecule has 0 aromatic rings. The summed E-state index contributed by atoms with van der Waals surface area (Å²) in [5.74, 6) is 0.938. The van der Waals surface area contributed by atoms with Crippen molar-refractivity contribution < 1.29 is 9.47 Å². The van der Waals surface area contributed by atoms with Gasteiger partial charge in [0.1, 0.15) is 0 Å². The van der Waals surface area contributed by atoms with E-state index >= 15 is 0 Å². The first-order valence-corrected chi connectivity index (χ1v) is 11.7. The summed E-state index contributed by atoms with van der Waals surface area (Å²) in [5, 5.41) is 7.01. The van der Waals surface area contributed by atoms with Gasteiger partial charge in [-0.1, -0.05) is 25.7 Å². The van der Waals surface area contributed by atoms with Gasteiger partial charge in [0.15, 0.2) is 5.96 Å². The summed E-state index contributed by atoms with van der Waals surface area (Å²) < 4.78 is 11.7. The predicted octanol–water partition coefficient (Wildman–Crippen LogP) is 3.79. The highest BCUT2D eigenvalue weighted by Crippen LogP contribution is 2.19. The largest absolute Gasteiger partial charge is 0.377 e. The monoisotopic (exact) mass is 524 g/mol. The number of rotatable bonds is 10. The lowest BCUT2D eigenvalue weighted by Crippen LogP contribution is -2.49. The van der Waals surface area contributed by atoms with Crippen LogP contribution in [0.15, 0.2) is 4.99 Å². The van der Waals surface area contributed by atoms with Crippen LogP contribution in [0.3, 0.4) is 0 Å². The van der Waals surface area contributed by atoms with Gasteiger partial charge >= 0.3 is 0 Å². The molecule has 2 aliphatic rings. The van der Waals surface area contributed by atoms with E-state index in [1.54, 1.807) is 0 Å². The highest BCUT2D eigenvalue weighted by molar-refractivity contribution is 14.0. The minimum atomic E-state index is 0. The van der Waals surface area contributed by atoms with E-state index < -0.39 is 0 Å². The highest BCUT2D eigenvalue weighted by atomic mass is 127.